The molecule has 0 aliphatic carbocycles. The van der Waals surface area contributed by atoms with E-state index in [4.69, 9.17) is 4.74 Å². The third kappa shape index (κ3) is 5.00. The second kappa shape index (κ2) is 9.17. The minimum absolute atomic E-state index is 0.169. The van der Waals surface area contributed by atoms with E-state index in [1.807, 2.05) is 38.1 Å². The Labute approximate surface area is 170 Å². The lowest BCUT2D eigenvalue weighted by atomic mass is 10.0. The van der Waals surface area contributed by atoms with Gasteiger partial charge in [-0.2, -0.15) is 4.31 Å². The standard InChI is InChI=1S/C20H26N2O4S2/c1-15(2)26-11-5-9-21-20(23)18-12-19(27-14-18)28(24,25)22-10-8-16-6-3-4-7-17(16)13-22/h3-4,6-7,12,14-15H,5,8-11,13H2,1-2H3,(H,21,23). The van der Waals surface area contributed by atoms with Gasteiger partial charge in [0, 0.05) is 31.6 Å². The molecular weight excluding hydrogens is 396 g/mol. The summed E-state index contributed by atoms with van der Waals surface area (Å²) < 4.78 is 33.1. The molecule has 2 heterocycles. The molecule has 0 fully saturated rings. The van der Waals surface area contributed by atoms with Crippen LogP contribution in [0.25, 0.3) is 0 Å². The van der Waals surface area contributed by atoms with Crippen molar-refractivity contribution in [2.45, 2.75) is 43.5 Å². The Bertz CT molecular complexity index is 922. The average Bonchev–Trinajstić information content (AvgIpc) is 3.18. The number of nitrogens with zero attached hydrogens (tertiary/aromatic N) is 1. The van der Waals surface area contributed by atoms with Crippen LogP contribution in [0.3, 0.4) is 0 Å². The smallest absolute Gasteiger partial charge is 0.252 e. The summed E-state index contributed by atoms with van der Waals surface area (Å²) in [5.74, 6) is -0.258. The Balaban J connectivity index is 1.60. The monoisotopic (exact) mass is 422 g/mol. The summed E-state index contributed by atoms with van der Waals surface area (Å²) in [7, 11) is -3.60. The molecule has 1 aromatic heterocycles. The highest BCUT2D eigenvalue weighted by atomic mass is 32.2. The molecule has 1 aliphatic heterocycles. The summed E-state index contributed by atoms with van der Waals surface area (Å²) in [6.45, 7) is 5.83. The van der Waals surface area contributed by atoms with Gasteiger partial charge in [-0.25, -0.2) is 8.42 Å². The number of carbonyl (C=O) groups is 1. The lowest BCUT2D eigenvalue weighted by molar-refractivity contribution is 0.0757. The molecule has 2 aromatic rings. The molecule has 0 spiro atoms. The van der Waals surface area contributed by atoms with Crippen molar-refractivity contribution in [3.8, 4) is 0 Å². The number of carbonyl (C=O) groups excluding carboxylic acids is 1. The Morgan fingerprint density at radius 3 is 2.79 bits per heavy atom. The van der Waals surface area contributed by atoms with E-state index in [9.17, 15) is 13.2 Å². The van der Waals surface area contributed by atoms with E-state index in [2.05, 4.69) is 5.32 Å². The van der Waals surface area contributed by atoms with Crippen LogP contribution < -0.4 is 5.32 Å². The van der Waals surface area contributed by atoms with Gasteiger partial charge in [0.2, 0.25) is 0 Å². The molecule has 0 bridgehead atoms. The van der Waals surface area contributed by atoms with Gasteiger partial charge in [0.25, 0.3) is 15.9 Å². The SMILES string of the molecule is CC(C)OCCCNC(=O)c1csc(S(=O)(=O)N2CCc3ccccc3C2)c1. The summed E-state index contributed by atoms with van der Waals surface area (Å²) in [6.07, 6.45) is 1.58. The van der Waals surface area contributed by atoms with Gasteiger partial charge in [-0.05, 0) is 43.9 Å². The van der Waals surface area contributed by atoms with Gasteiger partial charge < -0.3 is 10.1 Å². The number of fused-ring (bicyclic) bond motifs is 1. The predicted octanol–water partition coefficient (Wildman–Crippen LogP) is 3.04. The lowest BCUT2D eigenvalue weighted by Gasteiger charge is -2.27. The molecule has 3 rings (SSSR count). The number of benzene rings is 1. The van der Waals surface area contributed by atoms with Crippen LogP contribution in [-0.4, -0.2) is 44.4 Å². The second-order valence-corrected chi connectivity index (χ2v) is 10.1. The number of thiophene rings is 1. The summed E-state index contributed by atoms with van der Waals surface area (Å²) in [5.41, 5.74) is 2.61. The summed E-state index contributed by atoms with van der Waals surface area (Å²) >= 11 is 1.09. The van der Waals surface area contributed by atoms with Crippen molar-refractivity contribution in [3.63, 3.8) is 0 Å². The maximum absolute atomic E-state index is 13.0. The first kappa shape index (κ1) is 21.0. The number of amides is 1. The van der Waals surface area contributed by atoms with Gasteiger partial charge in [-0.3, -0.25) is 4.79 Å². The lowest BCUT2D eigenvalue weighted by Crippen LogP contribution is -2.35. The number of ether oxygens (including phenoxy) is 1. The second-order valence-electron chi connectivity index (χ2n) is 7.04. The van der Waals surface area contributed by atoms with E-state index < -0.39 is 10.0 Å². The van der Waals surface area contributed by atoms with E-state index >= 15 is 0 Å². The van der Waals surface area contributed by atoms with Crippen LogP contribution in [0.5, 0.6) is 0 Å². The van der Waals surface area contributed by atoms with Gasteiger partial charge in [0.15, 0.2) is 0 Å². The maximum atomic E-state index is 13.0. The third-order valence-electron chi connectivity index (χ3n) is 4.59. The van der Waals surface area contributed by atoms with Crippen molar-refractivity contribution in [2.75, 3.05) is 19.7 Å². The Kier molecular flexibility index (Phi) is 6.87. The van der Waals surface area contributed by atoms with E-state index in [-0.39, 0.29) is 16.2 Å². The zero-order valence-corrected chi connectivity index (χ0v) is 17.8. The van der Waals surface area contributed by atoms with Crippen LogP contribution >= 0.6 is 11.3 Å². The first-order valence-electron chi connectivity index (χ1n) is 9.43. The van der Waals surface area contributed by atoms with Gasteiger partial charge in [-0.15, -0.1) is 11.3 Å². The first-order valence-corrected chi connectivity index (χ1v) is 11.7. The molecule has 6 nitrogen and oxygen atoms in total. The van der Waals surface area contributed by atoms with Crippen LogP contribution in [0.15, 0.2) is 39.9 Å². The zero-order chi connectivity index (χ0) is 20.1. The van der Waals surface area contributed by atoms with Gasteiger partial charge in [-0.1, -0.05) is 24.3 Å². The molecule has 0 radical (unpaired) electrons. The Hall–Kier alpha value is -1.74. The topological polar surface area (TPSA) is 75.7 Å². The van der Waals surface area contributed by atoms with Crippen LogP contribution in [-0.2, 0) is 27.7 Å². The molecule has 1 amide bonds. The summed E-state index contributed by atoms with van der Waals surface area (Å²) in [6, 6.07) is 9.38. The molecule has 0 atom stereocenters. The molecule has 1 aliphatic rings. The first-order chi connectivity index (χ1) is 13.4. The van der Waals surface area contributed by atoms with Crippen LogP contribution in [0.1, 0.15) is 41.8 Å². The largest absolute Gasteiger partial charge is 0.379 e. The molecule has 8 heteroatoms. The van der Waals surface area contributed by atoms with Crippen molar-refractivity contribution < 1.29 is 17.9 Å². The highest BCUT2D eigenvalue weighted by molar-refractivity contribution is 7.91. The predicted molar refractivity (Wildman–Crippen MR) is 110 cm³/mol. The fourth-order valence-electron chi connectivity index (χ4n) is 3.07. The Morgan fingerprint density at radius 1 is 1.29 bits per heavy atom. The molecule has 0 saturated heterocycles. The molecule has 1 aromatic carbocycles. The van der Waals surface area contributed by atoms with Crippen molar-refractivity contribution in [2.24, 2.45) is 0 Å². The fraction of sp³-hybridized carbons (Fsp3) is 0.450. The summed E-state index contributed by atoms with van der Waals surface area (Å²) in [4.78, 5) is 12.3. The molecule has 1 N–H and O–H groups in total. The third-order valence-corrected chi connectivity index (χ3v) is 7.85. The van der Waals surface area contributed by atoms with Gasteiger partial charge in [0.05, 0.1) is 11.7 Å². The molecule has 0 saturated carbocycles. The van der Waals surface area contributed by atoms with E-state index in [1.54, 1.807) is 5.38 Å². The molecular formula is C20H26N2O4S2. The molecule has 28 heavy (non-hydrogen) atoms. The van der Waals surface area contributed by atoms with Crippen molar-refractivity contribution in [3.05, 3.63) is 52.4 Å². The van der Waals surface area contributed by atoms with Gasteiger partial charge in [0.1, 0.15) is 4.21 Å². The zero-order valence-electron chi connectivity index (χ0n) is 16.2. The quantitative estimate of drug-likeness (QED) is 0.664. The average molecular weight is 423 g/mol. The fourth-order valence-corrected chi connectivity index (χ4v) is 5.80. The van der Waals surface area contributed by atoms with Gasteiger partial charge >= 0.3 is 0 Å². The van der Waals surface area contributed by atoms with Crippen LogP contribution in [0.4, 0.5) is 0 Å². The highest BCUT2D eigenvalue weighted by Crippen LogP contribution is 2.28. The number of hydrogen-bond acceptors (Lipinski definition) is 5. The normalized spacial score (nSPS) is 14.8. The van der Waals surface area contributed by atoms with E-state index in [1.165, 1.54) is 15.9 Å². The van der Waals surface area contributed by atoms with Crippen LogP contribution in [0, 0.1) is 0 Å². The van der Waals surface area contributed by atoms with E-state index in [0.717, 1.165) is 16.9 Å². The molecule has 0 unspecified atom stereocenters. The molecule has 152 valence electrons. The van der Waals surface area contributed by atoms with Crippen LogP contribution in [0.2, 0.25) is 0 Å². The van der Waals surface area contributed by atoms with E-state index in [0.29, 0.717) is 44.6 Å². The minimum Gasteiger partial charge on any atom is -0.379 e. The number of rotatable bonds is 8. The van der Waals surface area contributed by atoms with Crippen molar-refractivity contribution in [1.82, 2.24) is 9.62 Å². The minimum atomic E-state index is -3.60. The summed E-state index contributed by atoms with van der Waals surface area (Å²) in [5, 5.41) is 4.41. The Morgan fingerprint density at radius 2 is 2.04 bits per heavy atom. The van der Waals surface area contributed by atoms with Crippen molar-refractivity contribution >= 4 is 27.3 Å². The van der Waals surface area contributed by atoms with Crippen molar-refractivity contribution in [1.29, 1.82) is 0 Å². The number of nitrogens with one attached hydrogen (secondary N) is 1. The highest BCUT2D eigenvalue weighted by Gasteiger charge is 2.30. The number of sulfonamides is 1. The maximum Gasteiger partial charge on any atom is 0.252 e. The number of hydrogen-bond donors (Lipinski definition) is 1.